The molecule has 0 spiro atoms. The van der Waals surface area contributed by atoms with Gasteiger partial charge >= 0.3 is 0 Å². The number of aryl methyl sites for hydroxylation is 1. The normalized spacial score (nSPS) is 10.1. The van der Waals surface area contributed by atoms with Gasteiger partial charge in [0.15, 0.2) is 0 Å². The van der Waals surface area contributed by atoms with Crippen molar-refractivity contribution in [2.24, 2.45) is 0 Å². The number of amides is 1. The molecule has 92 valence electrons. The first-order valence-electron chi connectivity index (χ1n) is 5.54. The van der Waals surface area contributed by atoms with E-state index in [1.165, 1.54) is 18.3 Å². The fourth-order valence-corrected chi connectivity index (χ4v) is 1.52. The highest BCUT2D eigenvalue weighted by Crippen LogP contribution is 1.99. The lowest BCUT2D eigenvalue weighted by Crippen LogP contribution is -2.24. The van der Waals surface area contributed by atoms with Gasteiger partial charge in [-0.3, -0.25) is 14.6 Å². The van der Waals surface area contributed by atoms with E-state index in [1.807, 2.05) is 25.1 Å². The maximum absolute atomic E-state index is 11.8. The number of aromatic amines is 1. The molecule has 0 radical (unpaired) electrons. The van der Waals surface area contributed by atoms with Gasteiger partial charge < -0.3 is 10.3 Å². The highest BCUT2D eigenvalue weighted by molar-refractivity contribution is 5.93. The van der Waals surface area contributed by atoms with Crippen molar-refractivity contribution < 1.29 is 4.79 Å². The molecule has 0 unspecified atom stereocenters. The van der Waals surface area contributed by atoms with E-state index in [9.17, 15) is 9.59 Å². The van der Waals surface area contributed by atoms with E-state index in [-0.39, 0.29) is 11.5 Å². The van der Waals surface area contributed by atoms with Crippen LogP contribution in [0.5, 0.6) is 0 Å². The quantitative estimate of drug-likeness (QED) is 0.844. The molecular weight excluding hydrogens is 230 g/mol. The first-order valence-corrected chi connectivity index (χ1v) is 5.54. The summed E-state index contributed by atoms with van der Waals surface area (Å²) in [4.78, 5) is 29.4. The molecule has 1 amide bonds. The van der Waals surface area contributed by atoms with Gasteiger partial charge in [0.2, 0.25) is 5.56 Å². The molecule has 5 nitrogen and oxygen atoms in total. The number of hydrogen-bond donors (Lipinski definition) is 2. The molecule has 0 fully saturated rings. The molecule has 0 saturated carbocycles. The Morgan fingerprint density at radius 2 is 2.17 bits per heavy atom. The summed E-state index contributed by atoms with van der Waals surface area (Å²) in [7, 11) is 0. The molecule has 0 atom stereocenters. The molecule has 2 aromatic heterocycles. The fourth-order valence-electron chi connectivity index (χ4n) is 1.52. The molecule has 0 bridgehead atoms. The first kappa shape index (κ1) is 12.0. The summed E-state index contributed by atoms with van der Waals surface area (Å²) in [6.07, 6.45) is 1.39. The zero-order chi connectivity index (χ0) is 13.0. The van der Waals surface area contributed by atoms with Crippen molar-refractivity contribution in [2.45, 2.75) is 13.5 Å². The third-order valence-corrected chi connectivity index (χ3v) is 2.42. The van der Waals surface area contributed by atoms with E-state index in [0.717, 1.165) is 11.4 Å². The lowest BCUT2D eigenvalue weighted by atomic mass is 10.2. The minimum Gasteiger partial charge on any atom is -0.346 e. The smallest absolute Gasteiger partial charge is 0.253 e. The Balaban J connectivity index is 2.00. The number of carbonyl (C=O) groups is 1. The molecule has 5 heteroatoms. The second-order valence-electron chi connectivity index (χ2n) is 3.89. The molecule has 2 aromatic rings. The van der Waals surface area contributed by atoms with E-state index in [4.69, 9.17) is 0 Å². The highest BCUT2D eigenvalue weighted by Gasteiger charge is 2.05. The van der Waals surface area contributed by atoms with Crippen molar-refractivity contribution in [2.75, 3.05) is 0 Å². The standard InChI is InChI=1S/C13H13N3O2/c1-9-3-2-4-11(16-9)8-15-13(18)10-5-6-12(17)14-7-10/h2-7H,8H2,1H3,(H,14,17)(H,15,18). The number of pyridine rings is 2. The summed E-state index contributed by atoms with van der Waals surface area (Å²) in [6.45, 7) is 2.26. The Hall–Kier alpha value is -2.43. The first-order chi connectivity index (χ1) is 8.65. The van der Waals surface area contributed by atoms with Gasteiger partial charge in [0.05, 0.1) is 17.8 Å². The van der Waals surface area contributed by atoms with Crippen LogP contribution in [0.1, 0.15) is 21.7 Å². The van der Waals surface area contributed by atoms with Crippen LogP contribution < -0.4 is 10.9 Å². The second kappa shape index (κ2) is 5.27. The third-order valence-electron chi connectivity index (χ3n) is 2.42. The molecule has 0 aliphatic carbocycles. The minimum absolute atomic E-state index is 0.230. The van der Waals surface area contributed by atoms with Crippen molar-refractivity contribution in [3.05, 3.63) is 63.8 Å². The van der Waals surface area contributed by atoms with Crippen molar-refractivity contribution in [1.82, 2.24) is 15.3 Å². The van der Waals surface area contributed by atoms with E-state index < -0.39 is 0 Å². The van der Waals surface area contributed by atoms with Crippen LogP contribution in [0.15, 0.2) is 41.3 Å². The Morgan fingerprint density at radius 3 is 2.83 bits per heavy atom. The number of hydrogen-bond acceptors (Lipinski definition) is 3. The van der Waals surface area contributed by atoms with Gasteiger partial charge in [-0.1, -0.05) is 6.07 Å². The number of rotatable bonds is 3. The summed E-state index contributed by atoms with van der Waals surface area (Å²) >= 11 is 0. The fraction of sp³-hybridized carbons (Fsp3) is 0.154. The number of carbonyl (C=O) groups excluding carboxylic acids is 1. The van der Waals surface area contributed by atoms with Crippen molar-refractivity contribution in [3.63, 3.8) is 0 Å². The zero-order valence-corrected chi connectivity index (χ0v) is 9.93. The molecular formula is C13H13N3O2. The Bertz CT molecular complexity index is 599. The number of nitrogens with zero attached hydrogens (tertiary/aromatic N) is 1. The van der Waals surface area contributed by atoms with Gasteiger partial charge in [0, 0.05) is 18.0 Å². The average Bonchev–Trinajstić information content (AvgIpc) is 2.37. The lowest BCUT2D eigenvalue weighted by molar-refractivity contribution is 0.0950. The maximum atomic E-state index is 11.8. The van der Waals surface area contributed by atoms with Crippen LogP contribution in [0.25, 0.3) is 0 Å². The van der Waals surface area contributed by atoms with Gasteiger partial charge in [-0.2, -0.15) is 0 Å². The van der Waals surface area contributed by atoms with Crippen molar-refractivity contribution in [1.29, 1.82) is 0 Å². The Kier molecular flexibility index (Phi) is 3.52. The highest BCUT2D eigenvalue weighted by atomic mass is 16.1. The van der Waals surface area contributed by atoms with Crippen LogP contribution >= 0.6 is 0 Å². The van der Waals surface area contributed by atoms with Crippen LogP contribution in [0.3, 0.4) is 0 Å². The Morgan fingerprint density at radius 1 is 1.33 bits per heavy atom. The molecule has 0 aliphatic heterocycles. The number of H-pyrrole nitrogens is 1. The van der Waals surface area contributed by atoms with E-state index in [0.29, 0.717) is 12.1 Å². The van der Waals surface area contributed by atoms with Gasteiger partial charge in [-0.05, 0) is 25.1 Å². The molecule has 0 saturated heterocycles. The number of nitrogens with one attached hydrogen (secondary N) is 2. The molecule has 2 N–H and O–H groups in total. The summed E-state index contributed by atoms with van der Waals surface area (Å²) in [5.74, 6) is -0.241. The predicted octanol–water partition coefficient (Wildman–Crippen LogP) is 1.01. The minimum atomic E-state index is -0.241. The third kappa shape index (κ3) is 3.04. The van der Waals surface area contributed by atoms with Crippen molar-refractivity contribution in [3.8, 4) is 0 Å². The van der Waals surface area contributed by atoms with Gasteiger partial charge in [-0.25, -0.2) is 0 Å². The monoisotopic (exact) mass is 243 g/mol. The predicted molar refractivity (Wildman–Crippen MR) is 67.2 cm³/mol. The molecule has 18 heavy (non-hydrogen) atoms. The molecule has 0 aromatic carbocycles. The van der Waals surface area contributed by atoms with E-state index in [1.54, 1.807) is 0 Å². The van der Waals surface area contributed by atoms with Crippen LogP contribution in [0.4, 0.5) is 0 Å². The SMILES string of the molecule is Cc1cccc(CNC(=O)c2ccc(=O)[nH]c2)n1. The maximum Gasteiger partial charge on any atom is 0.253 e. The molecule has 2 rings (SSSR count). The topological polar surface area (TPSA) is 74.8 Å². The summed E-state index contributed by atoms with van der Waals surface area (Å²) in [6, 6.07) is 8.44. The van der Waals surface area contributed by atoms with Crippen LogP contribution in [0.2, 0.25) is 0 Å². The van der Waals surface area contributed by atoms with E-state index in [2.05, 4.69) is 15.3 Å². The lowest BCUT2D eigenvalue weighted by Gasteiger charge is -2.05. The van der Waals surface area contributed by atoms with Crippen LogP contribution in [0, 0.1) is 6.92 Å². The second-order valence-corrected chi connectivity index (χ2v) is 3.89. The Labute approximate surface area is 104 Å². The van der Waals surface area contributed by atoms with Gasteiger partial charge in [-0.15, -0.1) is 0 Å². The zero-order valence-electron chi connectivity index (χ0n) is 9.93. The summed E-state index contributed by atoms with van der Waals surface area (Å²) in [5.41, 5.74) is 1.90. The average molecular weight is 243 g/mol. The number of aromatic nitrogens is 2. The van der Waals surface area contributed by atoms with Gasteiger partial charge in [0.25, 0.3) is 5.91 Å². The summed E-state index contributed by atoms with van der Waals surface area (Å²) < 4.78 is 0. The van der Waals surface area contributed by atoms with Crippen LogP contribution in [-0.2, 0) is 6.54 Å². The largest absolute Gasteiger partial charge is 0.346 e. The molecule has 0 aliphatic rings. The molecule has 2 heterocycles. The van der Waals surface area contributed by atoms with E-state index >= 15 is 0 Å². The van der Waals surface area contributed by atoms with Crippen molar-refractivity contribution >= 4 is 5.91 Å². The van der Waals surface area contributed by atoms with Gasteiger partial charge in [0.1, 0.15) is 0 Å². The summed E-state index contributed by atoms with van der Waals surface area (Å²) in [5, 5.41) is 2.74. The van der Waals surface area contributed by atoms with Crippen LogP contribution in [-0.4, -0.2) is 15.9 Å².